The largest absolute Gasteiger partial charge is 0.493 e. The van der Waals surface area contributed by atoms with Crippen LogP contribution in [0.25, 0.3) is 0 Å². The van der Waals surface area contributed by atoms with Crippen LogP contribution < -0.4 is 10.5 Å². The summed E-state index contributed by atoms with van der Waals surface area (Å²) in [5.41, 5.74) is 7.04. The third-order valence-corrected chi connectivity index (χ3v) is 3.79. The number of likely N-dealkylation sites (tertiary alicyclic amines) is 1. The number of nitrogens with two attached hydrogens (primary N) is 1. The summed E-state index contributed by atoms with van der Waals surface area (Å²) >= 11 is 0. The van der Waals surface area contributed by atoms with E-state index in [0.29, 0.717) is 6.04 Å². The maximum atomic E-state index is 5.94. The Hall–Kier alpha value is -1.06. The zero-order valence-electron chi connectivity index (χ0n) is 11.4. The predicted octanol–water partition coefficient (Wildman–Crippen LogP) is 2.57. The van der Waals surface area contributed by atoms with E-state index in [0.717, 1.165) is 24.3 Å². The van der Waals surface area contributed by atoms with E-state index in [4.69, 9.17) is 10.5 Å². The molecule has 1 unspecified atom stereocenters. The van der Waals surface area contributed by atoms with Crippen molar-refractivity contribution in [3.8, 4) is 5.75 Å². The van der Waals surface area contributed by atoms with Gasteiger partial charge in [0.2, 0.25) is 0 Å². The van der Waals surface area contributed by atoms with Gasteiger partial charge in [-0.05, 0) is 45.8 Å². The lowest BCUT2D eigenvalue weighted by molar-refractivity contribution is 0.232. The fourth-order valence-corrected chi connectivity index (χ4v) is 2.64. The molecule has 1 aromatic rings. The quantitative estimate of drug-likeness (QED) is 0.870. The molecule has 0 amide bonds. The molecular formula is C15H24N2O. The smallest absolute Gasteiger partial charge is 0.124 e. The van der Waals surface area contributed by atoms with Gasteiger partial charge in [-0.15, -0.1) is 0 Å². The van der Waals surface area contributed by atoms with Gasteiger partial charge in [0.1, 0.15) is 5.75 Å². The minimum atomic E-state index is 0.0235. The van der Waals surface area contributed by atoms with Gasteiger partial charge in [0, 0.05) is 17.6 Å². The van der Waals surface area contributed by atoms with E-state index in [9.17, 15) is 0 Å². The fourth-order valence-electron chi connectivity index (χ4n) is 2.64. The molecule has 0 radical (unpaired) electrons. The van der Waals surface area contributed by atoms with Crippen molar-refractivity contribution in [1.82, 2.24) is 4.90 Å². The average molecular weight is 248 g/mol. The molecule has 0 bridgehead atoms. The van der Waals surface area contributed by atoms with Crippen LogP contribution in [0.15, 0.2) is 24.3 Å². The predicted molar refractivity (Wildman–Crippen MR) is 74.8 cm³/mol. The number of nitrogens with zero attached hydrogens (tertiary/aromatic N) is 1. The van der Waals surface area contributed by atoms with Crippen molar-refractivity contribution >= 4 is 0 Å². The molecule has 1 heterocycles. The summed E-state index contributed by atoms with van der Waals surface area (Å²) < 4.78 is 5.90. The van der Waals surface area contributed by atoms with Crippen LogP contribution in [0.2, 0.25) is 0 Å². The molecule has 0 aliphatic carbocycles. The lowest BCUT2D eigenvalue weighted by Gasteiger charge is -2.20. The minimum absolute atomic E-state index is 0.0235. The zero-order chi connectivity index (χ0) is 13.0. The van der Waals surface area contributed by atoms with E-state index in [-0.39, 0.29) is 6.04 Å². The molecule has 0 spiro atoms. The second-order valence-corrected chi connectivity index (χ2v) is 5.24. The molecule has 1 fully saturated rings. The lowest BCUT2D eigenvalue weighted by atomic mass is 10.1. The highest BCUT2D eigenvalue weighted by Crippen LogP contribution is 2.24. The maximum absolute atomic E-state index is 5.94. The van der Waals surface area contributed by atoms with Crippen molar-refractivity contribution in [2.75, 3.05) is 20.2 Å². The van der Waals surface area contributed by atoms with Crippen LogP contribution in [0.1, 0.15) is 37.8 Å². The SMILES string of the molecule is C[C@@H](N)c1ccccc1OCCC1CCCN1C. The van der Waals surface area contributed by atoms with Gasteiger partial charge in [-0.3, -0.25) is 0 Å². The zero-order valence-corrected chi connectivity index (χ0v) is 11.4. The molecule has 1 aromatic carbocycles. The van der Waals surface area contributed by atoms with E-state index in [1.54, 1.807) is 0 Å². The van der Waals surface area contributed by atoms with Crippen LogP contribution in [-0.4, -0.2) is 31.1 Å². The van der Waals surface area contributed by atoms with Crippen LogP contribution in [0.5, 0.6) is 5.75 Å². The molecule has 3 heteroatoms. The van der Waals surface area contributed by atoms with Gasteiger partial charge in [0.15, 0.2) is 0 Å². The van der Waals surface area contributed by atoms with Crippen molar-refractivity contribution in [2.45, 2.75) is 38.3 Å². The number of benzene rings is 1. The van der Waals surface area contributed by atoms with Crippen LogP contribution >= 0.6 is 0 Å². The molecular weight excluding hydrogens is 224 g/mol. The molecule has 2 atom stereocenters. The highest BCUT2D eigenvalue weighted by Gasteiger charge is 2.20. The topological polar surface area (TPSA) is 38.5 Å². The third kappa shape index (κ3) is 3.24. The Labute approximate surface area is 110 Å². The summed E-state index contributed by atoms with van der Waals surface area (Å²) in [5, 5.41) is 0. The van der Waals surface area contributed by atoms with Gasteiger partial charge >= 0.3 is 0 Å². The third-order valence-electron chi connectivity index (χ3n) is 3.79. The molecule has 2 rings (SSSR count). The van der Waals surface area contributed by atoms with Gasteiger partial charge in [-0.1, -0.05) is 18.2 Å². The van der Waals surface area contributed by atoms with Crippen molar-refractivity contribution in [1.29, 1.82) is 0 Å². The van der Waals surface area contributed by atoms with Crippen LogP contribution in [0.4, 0.5) is 0 Å². The molecule has 0 aromatic heterocycles. The molecule has 1 aliphatic rings. The number of para-hydroxylation sites is 1. The molecule has 100 valence electrons. The lowest BCUT2D eigenvalue weighted by Crippen LogP contribution is -2.26. The highest BCUT2D eigenvalue weighted by molar-refractivity contribution is 5.35. The standard InChI is InChI=1S/C15H24N2O/c1-12(16)14-7-3-4-8-15(14)18-11-9-13-6-5-10-17(13)2/h3-4,7-8,12-13H,5-6,9-11,16H2,1-2H3/t12-,13?/m1/s1. The summed E-state index contributed by atoms with van der Waals surface area (Å²) in [4.78, 5) is 2.43. The number of ether oxygens (including phenoxy) is 1. The first-order valence-electron chi connectivity index (χ1n) is 6.86. The van der Waals surface area contributed by atoms with Gasteiger partial charge in [-0.2, -0.15) is 0 Å². The summed E-state index contributed by atoms with van der Waals surface area (Å²) in [6, 6.07) is 8.78. The molecule has 1 saturated heterocycles. The Balaban J connectivity index is 1.86. The molecule has 2 N–H and O–H groups in total. The van der Waals surface area contributed by atoms with Crippen molar-refractivity contribution < 1.29 is 4.74 Å². The van der Waals surface area contributed by atoms with Crippen LogP contribution in [0, 0.1) is 0 Å². The van der Waals surface area contributed by atoms with Crippen molar-refractivity contribution in [3.63, 3.8) is 0 Å². The van der Waals surface area contributed by atoms with E-state index >= 15 is 0 Å². The van der Waals surface area contributed by atoms with Gasteiger partial charge < -0.3 is 15.4 Å². The van der Waals surface area contributed by atoms with E-state index in [1.165, 1.54) is 19.4 Å². The number of hydrogen-bond acceptors (Lipinski definition) is 3. The Kier molecular flexibility index (Phi) is 4.61. The average Bonchev–Trinajstić information content (AvgIpc) is 2.76. The van der Waals surface area contributed by atoms with Gasteiger partial charge in [-0.25, -0.2) is 0 Å². The van der Waals surface area contributed by atoms with Crippen LogP contribution in [0.3, 0.4) is 0 Å². The van der Waals surface area contributed by atoms with Gasteiger partial charge in [0.25, 0.3) is 0 Å². The Morgan fingerprint density at radius 2 is 2.22 bits per heavy atom. The fraction of sp³-hybridized carbons (Fsp3) is 0.600. The summed E-state index contributed by atoms with van der Waals surface area (Å²) in [5.74, 6) is 0.938. The Morgan fingerprint density at radius 1 is 1.44 bits per heavy atom. The van der Waals surface area contributed by atoms with Crippen molar-refractivity contribution in [2.24, 2.45) is 5.73 Å². The maximum Gasteiger partial charge on any atom is 0.124 e. The van der Waals surface area contributed by atoms with Crippen LogP contribution in [-0.2, 0) is 0 Å². The van der Waals surface area contributed by atoms with Gasteiger partial charge in [0.05, 0.1) is 6.61 Å². The summed E-state index contributed by atoms with van der Waals surface area (Å²) in [7, 11) is 2.20. The first-order valence-corrected chi connectivity index (χ1v) is 6.86. The molecule has 0 saturated carbocycles. The second kappa shape index (κ2) is 6.21. The Morgan fingerprint density at radius 3 is 2.89 bits per heavy atom. The normalized spacial score (nSPS) is 22.1. The molecule has 18 heavy (non-hydrogen) atoms. The Bertz CT molecular complexity index is 379. The minimum Gasteiger partial charge on any atom is -0.493 e. The van der Waals surface area contributed by atoms with E-state index in [2.05, 4.69) is 11.9 Å². The summed E-state index contributed by atoms with van der Waals surface area (Å²) in [6.07, 6.45) is 3.72. The first-order chi connectivity index (χ1) is 8.68. The monoisotopic (exact) mass is 248 g/mol. The highest BCUT2D eigenvalue weighted by atomic mass is 16.5. The number of rotatable bonds is 5. The summed E-state index contributed by atoms with van der Waals surface area (Å²) in [6.45, 7) is 3.99. The van der Waals surface area contributed by atoms with E-state index in [1.807, 2.05) is 31.2 Å². The first kappa shape index (κ1) is 13.4. The molecule has 3 nitrogen and oxygen atoms in total. The second-order valence-electron chi connectivity index (χ2n) is 5.24. The number of hydrogen-bond donors (Lipinski definition) is 1. The molecule has 1 aliphatic heterocycles. The van der Waals surface area contributed by atoms with E-state index < -0.39 is 0 Å². The van der Waals surface area contributed by atoms with Crippen molar-refractivity contribution in [3.05, 3.63) is 29.8 Å².